The minimum absolute atomic E-state index is 0.252. The summed E-state index contributed by atoms with van der Waals surface area (Å²) in [7, 11) is 0. The van der Waals surface area contributed by atoms with Crippen LogP contribution in [0.25, 0.3) is 11.4 Å². The van der Waals surface area contributed by atoms with Crippen molar-refractivity contribution in [1.29, 1.82) is 0 Å². The smallest absolute Gasteiger partial charge is 0.184 e. The van der Waals surface area contributed by atoms with Gasteiger partial charge in [-0.05, 0) is 42.0 Å². The molecule has 5 nitrogen and oxygen atoms in total. The lowest BCUT2D eigenvalue weighted by Gasteiger charge is -2.14. The van der Waals surface area contributed by atoms with E-state index in [4.69, 9.17) is 17.3 Å². The van der Waals surface area contributed by atoms with Crippen molar-refractivity contribution in [2.45, 2.75) is 45.6 Å². The Morgan fingerprint density at radius 1 is 1.35 bits per heavy atom. The first kappa shape index (κ1) is 14.8. The van der Waals surface area contributed by atoms with Crippen LogP contribution in [0, 0.1) is 0 Å². The van der Waals surface area contributed by atoms with Gasteiger partial charge in [0.1, 0.15) is 0 Å². The Morgan fingerprint density at radius 2 is 2.15 bits per heavy atom. The molecule has 0 bridgehead atoms. The number of aromatic nitrogens is 4. The van der Waals surface area contributed by atoms with Crippen LogP contribution in [0.5, 0.6) is 0 Å². The number of anilines is 1. The Kier molecular flexibility index (Phi) is 4.95. The average molecular weight is 294 g/mol. The predicted molar refractivity (Wildman–Crippen MR) is 81.5 cm³/mol. The van der Waals surface area contributed by atoms with Crippen molar-refractivity contribution in [1.82, 2.24) is 20.2 Å². The lowest BCUT2D eigenvalue weighted by atomic mass is 10.1. The van der Waals surface area contributed by atoms with Crippen LogP contribution in [-0.2, 0) is 0 Å². The molecule has 0 saturated carbocycles. The van der Waals surface area contributed by atoms with E-state index in [0.29, 0.717) is 16.5 Å². The summed E-state index contributed by atoms with van der Waals surface area (Å²) < 4.78 is 1.84. The van der Waals surface area contributed by atoms with Crippen molar-refractivity contribution in [2.75, 3.05) is 5.73 Å². The molecule has 0 aliphatic carbocycles. The lowest BCUT2D eigenvalue weighted by Crippen LogP contribution is -2.10. The highest BCUT2D eigenvalue weighted by Crippen LogP contribution is 2.28. The molecule has 1 aromatic heterocycles. The van der Waals surface area contributed by atoms with Crippen molar-refractivity contribution in [3.8, 4) is 11.4 Å². The molecule has 0 radical (unpaired) electrons. The summed E-state index contributed by atoms with van der Waals surface area (Å²) >= 11 is 5.93. The Bertz CT molecular complexity index is 566. The summed E-state index contributed by atoms with van der Waals surface area (Å²) in [5, 5.41) is 12.6. The van der Waals surface area contributed by atoms with Gasteiger partial charge in [0.25, 0.3) is 0 Å². The van der Waals surface area contributed by atoms with E-state index in [2.05, 4.69) is 29.4 Å². The number of benzene rings is 1. The van der Waals surface area contributed by atoms with Gasteiger partial charge in [-0.25, -0.2) is 4.68 Å². The van der Waals surface area contributed by atoms with Crippen LogP contribution in [0.4, 0.5) is 5.69 Å². The molecule has 0 amide bonds. The zero-order valence-electron chi connectivity index (χ0n) is 11.9. The molecule has 2 aromatic rings. The maximum absolute atomic E-state index is 6.01. The van der Waals surface area contributed by atoms with Gasteiger partial charge in [-0.2, -0.15) is 0 Å². The quantitative estimate of drug-likeness (QED) is 0.651. The van der Waals surface area contributed by atoms with E-state index < -0.39 is 0 Å². The van der Waals surface area contributed by atoms with Gasteiger partial charge in [0.05, 0.1) is 6.04 Å². The highest BCUT2D eigenvalue weighted by atomic mass is 35.5. The Morgan fingerprint density at radius 3 is 2.85 bits per heavy atom. The molecular formula is C14H20ClN5. The van der Waals surface area contributed by atoms with Crippen LogP contribution >= 0.6 is 11.6 Å². The van der Waals surface area contributed by atoms with Crippen LogP contribution < -0.4 is 5.73 Å². The zero-order valence-corrected chi connectivity index (χ0v) is 12.6. The van der Waals surface area contributed by atoms with Gasteiger partial charge in [-0.15, -0.1) is 5.10 Å². The fourth-order valence-electron chi connectivity index (χ4n) is 2.22. The Balaban J connectivity index is 2.23. The molecule has 20 heavy (non-hydrogen) atoms. The molecule has 1 atom stereocenters. The molecule has 0 spiro atoms. The number of nitrogens with two attached hydrogens (primary N) is 1. The normalized spacial score (nSPS) is 12.6. The topological polar surface area (TPSA) is 69.6 Å². The molecule has 0 aliphatic heterocycles. The monoisotopic (exact) mass is 293 g/mol. The van der Waals surface area contributed by atoms with Gasteiger partial charge in [-0.3, -0.25) is 0 Å². The van der Waals surface area contributed by atoms with Crippen molar-refractivity contribution in [3.05, 3.63) is 23.2 Å². The standard InChI is InChI=1S/C14H20ClN5/c1-3-4-5-6-10(2)20-14(17-18-19-20)12-8-7-11(15)9-13(12)16/h7-10H,3-6,16H2,1-2H3. The zero-order chi connectivity index (χ0) is 14.5. The molecule has 0 aliphatic rings. The molecule has 108 valence electrons. The molecule has 0 saturated heterocycles. The van der Waals surface area contributed by atoms with E-state index in [1.165, 1.54) is 19.3 Å². The highest BCUT2D eigenvalue weighted by Gasteiger charge is 2.16. The highest BCUT2D eigenvalue weighted by molar-refractivity contribution is 6.31. The first-order chi connectivity index (χ1) is 9.63. The van der Waals surface area contributed by atoms with E-state index in [9.17, 15) is 0 Å². The van der Waals surface area contributed by atoms with Gasteiger partial charge in [0, 0.05) is 16.3 Å². The van der Waals surface area contributed by atoms with Gasteiger partial charge < -0.3 is 5.73 Å². The number of halogens is 1. The summed E-state index contributed by atoms with van der Waals surface area (Å²) in [5.74, 6) is 0.697. The van der Waals surface area contributed by atoms with Crippen LogP contribution in [0.3, 0.4) is 0 Å². The summed E-state index contributed by atoms with van der Waals surface area (Å²) in [6, 6.07) is 5.63. The van der Waals surface area contributed by atoms with Crippen LogP contribution in [0.2, 0.25) is 5.02 Å². The third-order valence-electron chi connectivity index (χ3n) is 3.39. The van der Waals surface area contributed by atoms with Gasteiger partial charge >= 0.3 is 0 Å². The number of rotatable bonds is 6. The van der Waals surface area contributed by atoms with Gasteiger partial charge in [0.15, 0.2) is 5.82 Å². The minimum Gasteiger partial charge on any atom is -0.398 e. The van der Waals surface area contributed by atoms with Crippen molar-refractivity contribution >= 4 is 17.3 Å². The number of nitrogen functional groups attached to an aromatic ring is 1. The summed E-state index contributed by atoms with van der Waals surface area (Å²) in [6.45, 7) is 4.32. The van der Waals surface area contributed by atoms with Crippen LogP contribution in [0.15, 0.2) is 18.2 Å². The minimum atomic E-state index is 0.252. The number of unbranched alkanes of at least 4 members (excludes halogenated alkanes) is 2. The van der Waals surface area contributed by atoms with E-state index in [-0.39, 0.29) is 6.04 Å². The molecule has 1 aromatic carbocycles. The van der Waals surface area contributed by atoms with Crippen molar-refractivity contribution < 1.29 is 0 Å². The van der Waals surface area contributed by atoms with E-state index in [1.807, 2.05) is 10.7 Å². The largest absolute Gasteiger partial charge is 0.398 e. The van der Waals surface area contributed by atoms with Gasteiger partial charge in [-0.1, -0.05) is 37.8 Å². The molecule has 6 heteroatoms. The second-order valence-electron chi connectivity index (χ2n) is 5.02. The van der Waals surface area contributed by atoms with Gasteiger partial charge in [0.2, 0.25) is 0 Å². The SMILES string of the molecule is CCCCCC(C)n1nnnc1-c1ccc(Cl)cc1N. The summed E-state index contributed by atoms with van der Waals surface area (Å²) in [4.78, 5) is 0. The first-order valence-electron chi connectivity index (χ1n) is 6.96. The van der Waals surface area contributed by atoms with E-state index >= 15 is 0 Å². The fourth-order valence-corrected chi connectivity index (χ4v) is 2.40. The molecule has 0 fully saturated rings. The van der Waals surface area contributed by atoms with Crippen molar-refractivity contribution in [3.63, 3.8) is 0 Å². The maximum Gasteiger partial charge on any atom is 0.184 e. The lowest BCUT2D eigenvalue weighted by molar-refractivity contribution is 0.432. The first-order valence-corrected chi connectivity index (χ1v) is 7.34. The van der Waals surface area contributed by atoms with Crippen LogP contribution in [0.1, 0.15) is 45.6 Å². The second-order valence-corrected chi connectivity index (χ2v) is 5.46. The van der Waals surface area contributed by atoms with E-state index in [0.717, 1.165) is 12.0 Å². The number of tetrazole rings is 1. The van der Waals surface area contributed by atoms with Crippen molar-refractivity contribution in [2.24, 2.45) is 0 Å². The summed E-state index contributed by atoms with van der Waals surface area (Å²) in [5.41, 5.74) is 7.42. The molecular weight excluding hydrogens is 274 g/mol. The summed E-state index contributed by atoms with van der Waals surface area (Å²) in [6.07, 6.45) is 4.66. The average Bonchev–Trinajstić information content (AvgIpc) is 2.88. The number of nitrogens with zero attached hydrogens (tertiary/aromatic N) is 4. The third-order valence-corrected chi connectivity index (χ3v) is 3.63. The molecule has 2 N–H and O–H groups in total. The number of hydrogen-bond donors (Lipinski definition) is 1. The Hall–Kier alpha value is -1.62. The predicted octanol–water partition coefficient (Wildman–Crippen LogP) is 3.72. The number of hydrogen-bond acceptors (Lipinski definition) is 4. The maximum atomic E-state index is 6.01. The molecule has 1 unspecified atom stereocenters. The van der Waals surface area contributed by atoms with Crippen LogP contribution in [-0.4, -0.2) is 20.2 Å². The van der Waals surface area contributed by atoms with E-state index in [1.54, 1.807) is 12.1 Å². The Labute approximate surface area is 124 Å². The molecule has 2 rings (SSSR count). The molecule has 1 heterocycles. The third kappa shape index (κ3) is 3.28. The second kappa shape index (κ2) is 6.70. The fraction of sp³-hybridized carbons (Fsp3) is 0.500.